The predicted octanol–water partition coefficient (Wildman–Crippen LogP) is 0.874. The maximum absolute atomic E-state index is 11.7. The van der Waals surface area contributed by atoms with E-state index in [1.807, 2.05) is 13.8 Å². The van der Waals surface area contributed by atoms with E-state index >= 15 is 0 Å². The van der Waals surface area contributed by atoms with Crippen LogP contribution < -0.4 is 11.1 Å². The summed E-state index contributed by atoms with van der Waals surface area (Å²) in [6, 6.07) is 3.44. The van der Waals surface area contributed by atoms with Crippen molar-refractivity contribution in [3.05, 3.63) is 24.0 Å². The Morgan fingerprint density at radius 2 is 2.11 bits per heavy atom. The van der Waals surface area contributed by atoms with Crippen molar-refractivity contribution in [1.29, 1.82) is 0 Å². The normalized spacial score (nSPS) is 11.3. The van der Waals surface area contributed by atoms with Gasteiger partial charge in [0.15, 0.2) is 0 Å². The third-order valence-electron chi connectivity index (χ3n) is 3.12. The lowest BCUT2D eigenvalue weighted by Crippen LogP contribution is -2.42. The minimum atomic E-state index is -0.815. The van der Waals surface area contributed by atoms with Crippen LogP contribution in [0.3, 0.4) is 0 Å². The molecular formula is C13H21N3O2. The number of amides is 1. The van der Waals surface area contributed by atoms with E-state index < -0.39 is 5.60 Å². The highest BCUT2D eigenvalue weighted by Gasteiger charge is 2.22. The minimum Gasteiger partial charge on any atom is -0.397 e. The van der Waals surface area contributed by atoms with Crippen LogP contribution in [0.5, 0.6) is 0 Å². The number of rotatable bonds is 6. The molecule has 0 aliphatic rings. The van der Waals surface area contributed by atoms with Crippen molar-refractivity contribution in [3.63, 3.8) is 0 Å². The second-order valence-electron chi connectivity index (χ2n) is 4.47. The Kier molecular flexibility index (Phi) is 5.09. The van der Waals surface area contributed by atoms with Crippen molar-refractivity contribution >= 4 is 11.6 Å². The van der Waals surface area contributed by atoms with E-state index in [9.17, 15) is 9.90 Å². The molecule has 5 nitrogen and oxygen atoms in total. The summed E-state index contributed by atoms with van der Waals surface area (Å²) in [5.41, 5.74) is 5.94. The van der Waals surface area contributed by atoms with Gasteiger partial charge in [0, 0.05) is 12.2 Å². The first-order chi connectivity index (χ1) is 8.49. The SMILES string of the molecule is CCC(O)(CC)CNC(=O)Cc1ccc(N)cn1. The molecule has 1 amide bonds. The first kappa shape index (κ1) is 14.4. The van der Waals surface area contributed by atoms with Gasteiger partial charge in [-0.15, -0.1) is 0 Å². The van der Waals surface area contributed by atoms with E-state index in [1.165, 1.54) is 6.20 Å². The molecule has 100 valence electrons. The summed E-state index contributed by atoms with van der Waals surface area (Å²) in [5, 5.41) is 12.8. The molecule has 0 fully saturated rings. The third-order valence-corrected chi connectivity index (χ3v) is 3.12. The topological polar surface area (TPSA) is 88.2 Å². The maximum atomic E-state index is 11.7. The van der Waals surface area contributed by atoms with E-state index in [1.54, 1.807) is 12.1 Å². The highest BCUT2D eigenvalue weighted by Crippen LogP contribution is 2.12. The summed E-state index contributed by atoms with van der Waals surface area (Å²) in [4.78, 5) is 15.7. The van der Waals surface area contributed by atoms with Gasteiger partial charge in [0.25, 0.3) is 0 Å². The molecule has 18 heavy (non-hydrogen) atoms. The fraction of sp³-hybridized carbons (Fsp3) is 0.538. The fourth-order valence-electron chi connectivity index (χ4n) is 1.53. The Balaban J connectivity index is 2.45. The third kappa shape index (κ3) is 4.33. The first-order valence-corrected chi connectivity index (χ1v) is 6.18. The number of nitrogens with two attached hydrogens (primary N) is 1. The van der Waals surface area contributed by atoms with Gasteiger partial charge in [-0.25, -0.2) is 0 Å². The Bertz CT molecular complexity index is 386. The zero-order valence-electron chi connectivity index (χ0n) is 10.9. The average Bonchev–Trinajstić information content (AvgIpc) is 2.39. The highest BCUT2D eigenvalue weighted by atomic mass is 16.3. The lowest BCUT2D eigenvalue weighted by atomic mass is 9.97. The number of aromatic nitrogens is 1. The molecular weight excluding hydrogens is 230 g/mol. The largest absolute Gasteiger partial charge is 0.397 e. The van der Waals surface area contributed by atoms with Gasteiger partial charge in [-0.1, -0.05) is 13.8 Å². The Labute approximate surface area is 107 Å². The van der Waals surface area contributed by atoms with Crippen molar-refractivity contribution in [2.45, 2.75) is 38.7 Å². The number of carbonyl (C=O) groups is 1. The second-order valence-corrected chi connectivity index (χ2v) is 4.47. The van der Waals surface area contributed by atoms with E-state index in [4.69, 9.17) is 5.73 Å². The van der Waals surface area contributed by atoms with Gasteiger partial charge in [-0.05, 0) is 25.0 Å². The molecule has 0 spiro atoms. The van der Waals surface area contributed by atoms with Gasteiger partial charge in [0.2, 0.25) is 5.91 Å². The number of hydrogen-bond donors (Lipinski definition) is 3. The van der Waals surface area contributed by atoms with E-state index in [2.05, 4.69) is 10.3 Å². The monoisotopic (exact) mass is 251 g/mol. The maximum Gasteiger partial charge on any atom is 0.226 e. The number of anilines is 1. The highest BCUT2D eigenvalue weighted by molar-refractivity contribution is 5.78. The van der Waals surface area contributed by atoms with E-state index in [0.29, 0.717) is 24.2 Å². The molecule has 0 saturated heterocycles. The van der Waals surface area contributed by atoms with Crippen LogP contribution in [0.4, 0.5) is 5.69 Å². The second kappa shape index (κ2) is 6.35. The number of nitrogens with one attached hydrogen (secondary N) is 1. The summed E-state index contributed by atoms with van der Waals surface area (Å²) in [6.07, 6.45) is 2.95. The lowest BCUT2D eigenvalue weighted by Gasteiger charge is -2.25. The minimum absolute atomic E-state index is 0.146. The Morgan fingerprint density at radius 3 is 2.61 bits per heavy atom. The molecule has 5 heteroatoms. The number of pyridine rings is 1. The fourth-order valence-corrected chi connectivity index (χ4v) is 1.53. The van der Waals surface area contributed by atoms with Gasteiger partial charge in [0.05, 0.1) is 23.9 Å². The summed E-state index contributed by atoms with van der Waals surface area (Å²) >= 11 is 0. The first-order valence-electron chi connectivity index (χ1n) is 6.18. The predicted molar refractivity (Wildman–Crippen MR) is 70.9 cm³/mol. The Morgan fingerprint density at radius 1 is 1.44 bits per heavy atom. The van der Waals surface area contributed by atoms with Crippen LogP contribution in [0.1, 0.15) is 32.4 Å². The van der Waals surface area contributed by atoms with E-state index in [0.717, 1.165) is 0 Å². The zero-order valence-corrected chi connectivity index (χ0v) is 10.9. The molecule has 0 atom stereocenters. The summed E-state index contributed by atoms with van der Waals surface area (Å²) in [7, 11) is 0. The van der Waals surface area contributed by atoms with Crippen LogP contribution in [-0.4, -0.2) is 28.1 Å². The molecule has 1 rings (SSSR count). The average molecular weight is 251 g/mol. The van der Waals surface area contributed by atoms with Crippen molar-refractivity contribution in [3.8, 4) is 0 Å². The number of hydrogen-bond acceptors (Lipinski definition) is 4. The van der Waals surface area contributed by atoms with Gasteiger partial charge < -0.3 is 16.2 Å². The van der Waals surface area contributed by atoms with Crippen LogP contribution in [0.25, 0.3) is 0 Å². The summed E-state index contributed by atoms with van der Waals surface area (Å²) in [5.74, 6) is -0.146. The van der Waals surface area contributed by atoms with Crippen LogP contribution in [0.2, 0.25) is 0 Å². The zero-order chi connectivity index (χ0) is 13.6. The summed E-state index contributed by atoms with van der Waals surface area (Å²) in [6.45, 7) is 4.07. The standard InChI is InChI=1S/C13H21N3O2/c1-3-13(18,4-2)9-16-12(17)7-11-6-5-10(14)8-15-11/h5-6,8,18H,3-4,7,9,14H2,1-2H3,(H,16,17). The molecule has 0 aliphatic carbocycles. The summed E-state index contributed by atoms with van der Waals surface area (Å²) < 4.78 is 0. The molecule has 0 bridgehead atoms. The van der Waals surface area contributed by atoms with Gasteiger partial charge in [-0.3, -0.25) is 9.78 Å². The number of nitrogens with zero attached hydrogens (tertiary/aromatic N) is 1. The van der Waals surface area contributed by atoms with Crippen LogP contribution in [0.15, 0.2) is 18.3 Å². The molecule has 0 radical (unpaired) electrons. The van der Waals surface area contributed by atoms with Crippen molar-refractivity contribution in [1.82, 2.24) is 10.3 Å². The molecule has 1 aromatic heterocycles. The van der Waals surface area contributed by atoms with Crippen molar-refractivity contribution in [2.75, 3.05) is 12.3 Å². The Hall–Kier alpha value is -1.62. The quantitative estimate of drug-likeness (QED) is 0.700. The number of nitrogen functional groups attached to an aromatic ring is 1. The number of carbonyl (C=O) groups excluding carboxylic acids is 1. The molecule has 0 saturated carbocycles. The van der Waals surface area contributed by atoms with E-state index in [-0.39, 0.29) is 18.9 Å². The van der Waals surface area contributed by atoms with Crippen molar-refractivity contribution < 1.29 is 9.90 Å². The van der Waals surface area contributed by atoms with Gasteiger partial charge in [-0.2, -0.15) is 0 Å². The van der Waals surface area contributed by atoms with Crippen LogP contribution >= 0.6 is 0 Å². The molecule has 4 N–H and O–H groups in total. The smallest absolute Gasteiger partial charge is 0.226 e. The molecule has 0 aliphatic heterocycles. The molecule has 0 aromatic carbocycles. The number of aliphatic hydroxyl groups is 1. The van der Waals surface area contributed by atoms with Gasteiger partial charge >= 0.3 is 0 Å². The van der Waals surface area contributed by atoms with Crippen LogP contribution in [0, 0.1) is 0 Å². The molecule has 1 aromatic rings. The molecule has 1 heterocycles. The van der Waals surface area contributed by atoms with Crippen molar-refractivity contribution in [2.24, 2.45) is 0 Å². The lowest BCUT2D eigenvalue weighted by molar-refractivity contribution is -0.121. The van der Waals surface area contributed by atoms with Gasteiger partial charge in [0.1, 0.15) is 0 Å². The molecule has 0 unspecified atom stereocenters. The van der Waals surface area contributed by atoms with Crippen LogP contribution in [-0.2, 0) is 11.2 Å².